The van der Waals surface area contributed by atoms with E-state index < -0.39 is 0 Å². The van der Waals surface area contributed by atoms with Gasteiger partial charge in [0, 0.05) is 45.4 Å². The van der Waals surface area contributed by atoms with Crippen LogP contribution in [0, 0.1) is 0 Å². The molecule has 0 aliphatic carbocycles. The van der Waals surface area contributed by atoms with Crippen molar-refractivity contribution in [1.29, 1.82) is 0 Å². The number of nitrogens with two attached hydrogens (primary N) is 1. The van der Waals surface area contributed by atoms with E-state index in [1.165, 1.54) is 0 Å². The zero-order valence-corrected chi connectivity index (χ0v) is 20.7. The topological polar surface area (TPSA) is 112 Å². The van der Waals surface area contributed by atoms with Gasteiger partial charge in [-0.1, -0.05) is 30.3 Å². The number of nitrogen functional groups attached to an aromatic ring is 1. The number of carbonyl (C=O) groups is 1. The second-order valence-corrected chi connectivity index (χ2v) is 9.34. The van der Waals surface area contributed by atoms with E-state index in [1.54, 1.807) is 11.7 Å². The summed E-state index contributed by atoms with van der Waals surface area (Å²) < 4.78 is 13.3. The molecule has 2 aliphatic rings. The number of anilines is 2. The van der Waals surface area contributed by atoms with Crippen LogP contribution in [0.15, 0.2) is 54.6 Å². The zero-order chi connectivity index (χ0) is 25.4. The molecule has 0 unspecified atom stereocenters. The Morgan fingerprint density at radius 3 is 2.57 bits per heavy atom. The van der Waals surface area contributed by atoms with E-state index in [9.17, 15) is 4.79 Å². The molecule has 1 atom stereocenters. The number of para-hydroxylation sites is 1. The van der Waals surface area contributed by atoms with Gasteiger partial charge in [-0.05, 0) is 37.1 Å². The van der Waals surface area contributed by atoms with Crippen molar-refractivity contribution in [2.24, 2.45) is 7.05 Å². The normalized spacial score (nSPS) is 17.9. The van der Waals surface area contributed by atoms with Crippen LogP contribution in [0.1, 0.15) is 12.8 Å². The van der Waals surface area contributed by atoms with Crippen molar-refractivity contribution in [2.45, 2.75) is 18.9 Å². The highest BCUT2D eigenvalue weighted by atomic mass is 16.5. The van der Waals surface area contributed by atoms with Crippen LogP contribution >= 0.6 is 0 Å². The molecule has 2 aromatic carbocycles. The fraction of sp³-hybridized carbons (Fsp3) is 0.333. The van der Waals surface area contributed by atoms with E-state index in [-0.39, 0.29) is 12.0 Å². The van der Waals surface area contributed by atoms with Gasteiger partial charge in [-0.2, -0.15) is 10.1 Å². The van der Waals surface area contributed by atoms with E-state index in [4.69, 9.17) is 25.2 Å². The minimum atomic E-state index is -0.298. The number of aromatic nitrogens is 4. The van der Waals surface area contributed by atoms with Gasteiger partial charge >= 0.3 is 0 Å². The first-order valence-electron chi connectivity index (χ1n) is 12.6. The van der Waals surface area contributed by atoms with Crippen molar-refractivity contribution < 1.29 is 14.3 Å². The number of benzene rings is 2. The Hall–Kier alpha value is -4.18. The fourth-order valence-electron chi connectivity index (χ4n) is 4.89. The molecule has 6 rings (SSSR count). The summed E-state index contributed by atoms with van der Waals surface area (Å²) >= 11 is 0. The van der Waals surface area contributed by atoms with Crippen molar-refractivity contribution in [2.75, 3.05) is 43.4 Å². The third kappa shape index (κ3) is 4.55. The van der Waals surface area contributed by atoms with Crippen molar-refractivity contribution in [1.82, 2.24) is 24.6 Å². The summed E-state index contributed by atoms with van der Waals surface area (Å²) in [5.74, 6) is 2.60. The lowest BCUT2D eigenvalue weighted by molar-refractivity contribution is -0.141. The number of ether oxygens (including phenoxy) is 2. The largest absolute Gasteiger partial charge is 0.457 e. The Morgan fingerprint density at radius 2 is 1.81 bits per heavy atom. The third-order valence-electron chi connectivity index (χ3n) is 6.89. The summed E-state index contributed by atoms with van der Waals surface area (Å²) in [7, 11) is 1.80. The van der Waals surface area contributed by atoms with Gasteiger partial charge in [-0.3, -0.25) is 9.48 Å². The molecule has 0 radical (unpaired) electrons. The van der Waals surface area contributed by atoms with E-state index in [0.717, 1.165) is 24.2 Å². The van der Waals surface area contributed by atoms with Crippen LogP contribution < -0.4 is 15.4 Å². The van der Waals surface area contributed by atoms with Crippen molar-refractivity contribution in [3.63, 3.8) is 0 Å². The highest BCUT2D eigenvalue weighted by Crippen LogP contribution is 2.34. The number of aryl methyl sites for hydroxylation is 1. The molecule has 2 aromatic heterocycles. The first-order valence-corrected chi connectivity index (χ1v) is 12.6. The highest BCUT2D eigenvalue weighted by Gasteiger charge is 2.31. The maximum Gasteiger partial charge on any atom is 0.251 e. The molecule has 0 bridgehead atoms. The van der Waals surface area contributed by atoms with Gasteiger partial charge in [-0.25, -0.2) is 4.98 Å². The molecular weight excluding hydrogens is 470 g/mol. The molecule has 2 fully saturated rings. The molecule has 2 saturated heterocycles. The standard InChI is InChI=1S/C27H29N7O3/c1-32-24(28)22-23(18-7-5-10-20(17-18)37-19-8-3-2-4-9-19)29-27(30-25(22)31-32)34-14-12-33(13-15-34)26(35)21-11-6-16-36-21/h2-5,7-10,17,21H,6,11-16,28H2,1H3/t21-/m0/s1. The van der Waals surface area contributed by atoms with Crippen LogP contribution in [-0.2, 0) is 16.6 Å². The highest BCUT2D eigenvalue weighted by molar-refractivity contribution is 5.99. The third-order valence-corrected chi connectivity index (χ3v) is 6.89. The number of nitrogens with zero attached hydrogens (tertiary/aromatic N) is 6. The van der Waals surface area contributed by atoms with Crippen LogP contribution in [0.25, 0.3) is 22.3 Å². The number of rotatable bonds is 5. The van der Waals surface area contributed by atoms with Crippen LogP contribution in [0.3, 0.4) is 0 Å². The molecule has 2 aliphatic heterocycles. The molecule has 0 spiro atoms. The van der Waals surface area contributed by atoms with Crippen LogP contribution in [-0.4, -0.2) is 69.4 Å². The summed E-state index contributed by atoms with van der Waals surface area (Å²) in [5.41, 5.74) is 8.48. The number of fused-ring (bicyclic) bond motifs is 1. The molecule has 10 nitrogen and oxygen atoms in total. The van der Waals surface area contributed by atoms with E-state index in [1.807, 2.05) is 59.5 Å². The number of hydrogen-bond donors (Lipinski definition) is 1. The predicted molar refractivity (Wildman–Crippen MR) is 140 cm³/mol. The van der Waals surface area contributed by atoms with Crippen molar-refractivity contribution in [3.05, 3.63) is 54.6 Å². The summed E-state index contributed by atoms with van der Waals surface area (Å²) in [6.07, 6.45) is 1.45. The first kappa shape index (κ1) is 23.2. The molecular formula is C27H29N7O3. The van der Waals surface area contributed by atoms with E-state index in [0.29, 0.717) is 67.0 Å². The molecule has 190 valence electrons. The monoisotopic (exact) mass is 499 g/mol. The molecule has 2 N–H and O–H groups in total. The molecule has 10 heteroatoms. The maximum absolute atomic E-state index is 12.8. The Balaban J connectivity index is 1.30. The predicted octanol–water partition coefficient (Wildman–Crippen LogP) is 3.23. The Kier molecular flexibility index (Phi) is 6.09. The van der Waals surface area contributed by atoms with E-state index in [2.05, 4.69) is 10.00 Å². The van der Waals surface area contributed by atoms with Crippen LogP contribution in [0.4, 0.5) is 11.8 Å². The van der Waals surface area contributed by atoms with Crippen LogP contribution in [0.5, 0.6) is 11.5 Å². The lowest BCUT2D eigenvalue weighted by Gasteiger charge is -2.35. The summed E-state index contributed by atoms with van der Waals surface area (Å²) in [6.45, 7) is 3.12. The average molecular weight is 500 g/mol. The zero-order valence-electron chi connectivity index (χ0n) is 20.7. The Morgan fingerprint density at radius 1 is 1.03 bits per heavy atom. The number of piperazine rings is 1. The van der Waals surface area contributed by atoms with Gasteiger partial charge in [0.25, 0.3) is 5.91 Å². The maximum atomic E-state index is 12.8. The van der Waals surface area contributed by atoms with Gasteiger partial charge in [0.05, 0.1) is 11.1 Å². The summed E-state index contributed by atoms with van der Waals surface area (Å²) in [4.78, 5) is 26.5. The van der Waals surface area contributed by atoms with Gasteiger partial charge < -0.3 is 25.0 Å². The number of amides is 1. The lowest BCUT2D eigenvalue weighted by atomic mass is 10.1. The SMILES string of the molecule is Cn1nc2nc(N3CCN(C(=O)[C@@H]4CCCO4)CC3)nc(-c3cccc(Oc4ccccc4)c3)c2c1N. The summed E-state index contributed by atoms with van der Waals surface area (Å²) in [6, 6.07) is 17.4. The number of carbonyl (C=O) groups excluding carboxylic acids is 1. The smallest absolute Gasteiger partial charge is 0.251 e. The van der Waals surface area contributed by atoms with Gasteiger partial charge in [0.1, 0.15) is 23.4 Å². The van der Waals surface area contributed by atoms with Crippen molar-refractivity contribution >= 4 is 28.7 Å². The second kappa shape index (κ2) is 9.70. The lowest BCUT2D eigenvalue weighted by Crippen LogP contribution is -2.51. The second-order valence-electron chi connectivity index (χ2n) is 9.34. The number of hydrogen-bond acceptors (Lipinski definition) is 8. The Bertz CT molecular complexity index is 1420. The molecule has 37 heavy (non-hydrogen) atoms. The van der Waals surface area contributed by atoms with Crippen LogP contribution in [0.2, 0.25) is 0 Å². The summed E-state index contributed by atoms with van der Waals surface area (Å²) in [5, 5.41) is 5.25. The first-order chi connectivity index (χ1) is 18.1. The Labute approximate surface area is 214 Å². The molecule has 0 saturated carbocycles. The minimum Gasteiger partial charge on any atom is -0.457 e. The molecule has 1 amide bonds. The average Bonchev–Trinajstić information content (AvgIpc) is 3.57. The quantitative estimate of drug-likeness (QED) is 0.446. The van der Waals surface area contributed by atoms with Gasteiger partial charge in [-0.15, -0.1) is 0 Å². The minimum absolute atomic E-state index is 0.0851. The fourth-order valence-corrected chi connectivity index (χ4v) is 4.89. The molecule has 4 aromatic rings. The van der Waals surface area contributed by atoms with Gasteiger partial charge in [0.15, 0.2) is 5.65 Å². The van der Waals surface area contributed by atoms with Gasteiger partial charge in [0.2, 0.25) is 5.95 Å². The van der Waals surface area contributed by atoms with E-state index >= 15 is 0 Å². The molecule has 4 heterocycles. The van der Waals surface area contributed by atoms with Crippen molar-refractivity contribution in [3.8, 4) is 22.8 Å².